The lowest BCUT2D eigenvalue weighted by molar-refractivity contribution is -0.215. The summed E-state index contributed by atoms with van der Waals surface area (Å²) in [6.45, 7) is 1.84. The van der Waals surface area contributed by atoms with E-state index in [4.69, 9.17) is 9.78 Å². The number of hydrogen-bond donors (Lipinski definition) is 2. The highest BCUT2D eigenvalue weighted by Crippen LogP contribution is 2.37. The summed E-state index contributed by atoms with van der Waals surface area (Å²) < 4.78 is 0. The molecular weight excluding hydrogens is 198 g/mol. The maximum absolute atomic E-state index is 10.9. The molecule has 0 radical (unpaired) electrons. The number of amides is 1. The van der Waals surface area contributed by atoms with E-state index in [9.17, 15) is 9.90 Å². The van der Waals surface area contributed by atoms with Crippen molar-refractivity contribution in [2.45, 2.75) is 13.3 Å². The van der Waals surface area contributed by atoms with Crippen LogP contribution in [-0.4, -0.2) is 17.6 Å². The van der Waals surface area contributed by atoms with Gasteiger partial charge >= 0.3 is 0 Å². The van der Waals surface area contributed by atoms with Crippen molar-refractivity contribution in [3.63, 3.8) is 0 Å². The molecule has 1 aromatic rings. The van der Waals surface area contributed by atoms with Gasteiger partial charge in [-0.1, -0.05) is 0 Å². The van der Waals surface area contributed by atoms with Gasteiger partial charge in [-0.05, 0) is 12.1 Å². The highest BCUT2D eigenvalue weighted by molar-refractivity contribution is 5.90. The van der Waals surface area contributed by atoms with Gasteiger partial charge in [-0.25, -0.2) is 0 Å². The van der Waals surface area contributed by atoms with E-state index < -0.39 is 0 Å². The molecule has 0 spiro atoms. The Hall–Kier alpha value is -1.75. The van der Waals surface area contributed by atoms with Crippen molar-refractivity contribution in [1.82, 2.24) is 0 Å². The lowest BCUT2D eigenvalue weighted by atomic mass is 10.1. The fourth-order valence-corrected chi connectivity index (χ4v) is 1.51. The highest BCUT2D eigenvalue weighted by atomic mass is 17.2. The predicted molar refractivity (Wildman–Crippen MR) is 52.7 cm³/mol. The third kappa shape index (κ3) is 1.87. The molecule has 1 amide bonds. The van der Waals surface area contributed by atoms with Crippen LogP contribution in [0.15, 0.2) is 12.1 Å². The second-order valence-corrected chi connectivity index (χ2v) is 3.28. The maximum Gasteiger partial charge on any atom is 0.221 e. The largest absolute Gasteiger partial charge is 0.504 e. The van der Waals surface area contributed by atoms with Crippen LogP contribution in [0.1, 0.15) is 12.5 Å². The average molecular weight is 209 g/mol. The monoisotopic (exact) mass is 209 g/mol. The second-order valence-electron chi connectivity index (χ2n) is 3.28. The van der Waals surface area contributed by atoms with E-state index in [0.717, 1.165) is 5.56 Å². The van der Waals surface area contributed by atoms with Crippen LogP contribution in [-0.2, 0) is 16.1 Å². The molecule has 0 aliphatic carbocycles. The summed E-state index contributed by atoms with van der Waals surface area (Å²) in [5, 5.41) is 12.2. The van der Waals surface area contributed by atoms with E-state index in [1.807, 2.05) is 0 Å². The molecule has 2 rings (SSSR count). The first-order valence-corrected chi connectivity index (χ1v) is 4.60. The summed E-state index contributed by atoms with van der Waals surface area (Å²) in [5.74, 6) is 0.140. The van der Waals surface area contributed by atoms with Crippen LogP contribution in [0.3, 0.4) is 0 Å². The summed E-state index contributed by atoms with van der Waals surface area (Å²) in [6.07, 6.45) is 0.597. The number of hydrogen-bond acceptors (Lipinski definition) is 4. The summed E-state index contributed by atoms with van der Waals surface area (Å²) in [5.41, 5.74) is 1.41. The van der Waals surface area contributed by atoms with Crippen molar-refractivity contribution in [1.29, 1.82) is 0 Å². The normalized spacial score (nSPS) is 13.9. The summed E-state index contributed by atoms with van der Waals surface area (Å²) in [4.78, 5) is 20.6. The highest BCUT2D eigenvalue weighted by Gasteiger charge is 2.20. The molecule has 0 unspecified atom stereocenters. The van der Waals surface area contributed by atoms with Crippen molar-refractivity contribution in [3.8, 4) is 11.5 Å². The first-order valence-electron chi connectivity index (χ1n) is 4.60. The number of fused-ring (bicyclic) bond motifs is 1. The van der Waals surface area contributed by atoms with Crippen molar-refractivity contribution >= 4 is 11.6 Å². The van der Waals surface area contributed by atoms with Gasteiger partial charge in [-0.15, -0.1) is 0 Å². The Morgan fingerprint density at radius 2 is 2.33 bits per heavy atom. The molecule has 0 atom stereocenters. The molecule has 80 valence electrons. The van der Waals surface area contributed by atoms with Crippen molar-refractivity contribution < 1.29 is 19.7 Å². The van der Waals surface area contributed by atoms with E-state index >= 15 is 0 Å². The molecule has 1 aliphatic rings. The number of anilines is 1. The maximum atomic E-state index is 10.9. The topological polar surface area (TPSA) is 67.8 Å². The SMILES string of the molecule is CC(=O)Nc1ccc(O)c2c1CCOO2. The van der Waals surface area contributed by atoms with E-state index in [-0.39, 0.29) is 17.4 Å². The third-order valence-electron chi connectivity index (χ3n) is 2.13. The first kappa shape index (κ1) is 9.79. The lowest BCUT2D eigenvalue weighted by Crippen LogP contribution is -2.15. The van der Waals surface area contributed by atoms with E-state index in [0.29, 0.717) is 18.7 Å². The number of carbonyl (C=O) groups is 1. The van der Waals surface area contributed by atoms with Crippen LogP contribution in [0, 0.1) is 0 Å². The molecule has 5 nitrogen and oxygen atoms in total. The molecule has 15 heavy (non-hydrogen) atoms. The molecule has 0 saturated carbocycles. The van der Waals surface area contributed by atoms with Gasteiger partial charge in [0.15, 0.2) is 5.75 Å². The number of phenols is 1. The van der Waals surface area contributed by atoms with Crippen molar-refractivity contribution in [2.75, 3.05) is 11.9 Å². The third-order valence-corrected chi connectivity index (χ3v) is 2.13. The van der Waals surface area contributed by atoms with Gasteiger partial charge in [0.25, 0.3) is 0 Å². The van der Waals surface area contributed by atoms with Crippen LogP contribution < -0.4 is 10.2 Å². The summed E-state index contributed by atoms with van der Waals surface area (Å²) in [7, 11) is 0. The van der Waals surface area contributed by atoms with Crippen LogP contribution >= 0.6 is 0 Å². The Labute approximate surface area is 86.5 Å². The fourth-order valence-electron chi connectivity index (χ4n) is 1.51. The molecule has 0 aromatic heterocycles. The van der Waals surface area contributed by atoms with Crippen LogP contribution in [0.4, 0.5) is 5.69 Å². The van der Waals surface area contributed by atoms with Gasteiger partial charge in [0.05, 0.1) is 6.61 Å². The van der Waals surface area contributed by atoms with E-state index in [1.165, 1.54) is 13.0 Å². The number of nitrogens with one attached hydrogen (secondary N) is 1. The average Bonchev–Trinajstić information content (AvgIpc) is 2.22. The minimum absolute atomic E-state index is 0.0128. The molecule has 1 heterocycles. The smallest absolute Gasteiger partial charge is 0.221 e. The van der Waals surface area contributed by atoms with Gasteiger partial charge in [0.2, 0.25) is 11.7 Å². The zero-order chi connectivity index (χ0) is 10.8. The number of rotatable bonds is 1. The number of phenolic OH excluding ortho intramolecular Hbond substituents is 1. The van der Waals surface area contributed by atoms with Crippen LogP contribution in [0.5, 0.6) is 11.5 Å². The number of carbonyl (C=O) groups excluding carboxylic acids is 1. The Bertz CT molecular complexity index is 403. The quantitative estimate of drug-likeness (QED) is 0.539. The Morgan fingerprint density at radius 1 is 1.53 bits per heavy atom. The molecule has 5 heteroatoms. The zero-order valence-electron chi connectivity index (χ0n) is 8.24. The minimum Gasteiger partial charge on any atom is -0.504 e. The molecule has 0 fully saturated rings. The zero-order valence-corrected chi connectivity index (χ0v) is 8.24. The van der Waals surface area contributed by atoms with Gasteiger partial charge < -0.3 is 15.3 Å². The number of aromatic hydroxyl groups is 1. The minimum atomic E-state index is -0.158. The second kappa shape index (κ2) is 3.78. The Morgan fingerprint density at radius 3 is 3.07 bits per heavy atom. The molecule has 1 aromatic carbocycles. The van der Waals surface area contributed by atoms with Gasteiger partial charge in [-0.2, -0.15) is 4.89 Å². The van der Waals surface area contributed by atoms with E-state index in [2.05, 4.69) is 5.32 Å². The Balaban J connectivity index is 2.43. The van der Waals surface area contributed by atoms with Crippen molar-refractivity contribution in [2.24, 2.45) is 0 Å². The van der Waals surface area contributed by atoms with Crippen LogP contribution in [0.25, 0.3) is 0 Å². The molecule has 0 bridgehead atoms. The summed E-state index contributed by atoms with van der Waals surface area (Å²) >= 11 is 0. The van der Waals surface area contributed by atoms with Crippen molar-refractivity contribution in [3.05, 3.63) is 17.7 Å². The standard InChI is InChI=1S/C10H11NO4/c1-6(12)11-8-2-3-9(13)10-7(8)4-5-14-15-10/h2-3,13H,4-5H2,1H3,(H,11,12). The molecule has 1 aliphatic heterocycles. The lowest BCUT2D eigenvalue weighted by Gasteiger charge is -2.19. The first-order chi connectivity index (χ1) is 7.18. The van der Waals surface area contributed by atoms with Crippen LogP contribution in [0.2, 0.25) is 0 Å². The molecule has 0 saturated heterocycles. The number of benzene rings is 1. The van der Waals surface area contributed by atoms with Gasteiger partial charge in [0, 0.05) is 24.6 Å². The summed E-state index contributed by atoms with van der Waals surface area (Å²) in [6, 6.07) is 3.10. The van der Waals surface area contributed by atoms with E-state index in [1.54, 1.807) is 6.07 Å². The Kier molecular flexibility index (Phi) is 2.47. The van der Waals surface area contributed by atoms with Gasteiger partial charge in [-0.3, -0.25) is 4.79 Å². The fraction of sp³-hybridized carbons (Fsp3) is 0.300. The predicted octanol–water partition coefficient (Wildman–Crippen LogP) is 1.22. The molecular formula is C10H11NO4. The molecule has 2 N–H and O–H groups in total. The van der Waals surface area contributed by atoms with Gasteiger partial charge in [0.1, 0.15) is 0 Å².